The van der Waals surface area contributed by atoms with Gasteiger partial charge in [-0.15, -0.1) is 0 Å². The first-order valence-corrected chi connectivity index (χ1v) is 7.72. The molecule has 6 heteroatoms. The predicted molar refractivity (Wildman–Crippen MR) is 76.8 cm³/mol. The van der Waals surface area contributed by atoms with Gasteiger partial charge in [0.05, 0.1) is 5.92 Å². The standard InChI is InChI=1S/C14H15BrN4O/c15-10-4-9(5-17-6-10)13-18-14(20-19-13)11-7-1-2-8(3-7)12(11)16/h4-8,11-12H,1-3,16H2. The van der Waals surface area contributed by atoms with Crippen LogP contribution in [0.1, 0.15) is 31.1 Å². The molecule has 0 radical (unpaired) electrons. The number of nitrogens with zero attached hydrogens (tertiary/aromatic N) is 3. The number of hydrogen-bond acceptors (Lipinski definition) is 5. The van der Waals surface area contributed by atoms with E-state index in [2.05, 4.69) is 31.1 Å². The van der Waals surface area contributed by atoms with Gasteiger partial charge >= 0.3 is 0 Å². The van der Waals surface area contributed by atoms with Crippen molar-refractivity contribution in [2.75, 3.05) is 0 Å². The van der Waals surface area contributed by atoms with Crippen LogP contribution in [0.2, 0.25) is 0 Å². The highest BCUT2D eigenvalue weighted by Crippen LogP contribution is 2.51. The van der Waals surface area contributed by atoms with E-state index in [4.69, 9.17) is 10.3 Å². The van der Waals surface area contributed by atoms with Gasteiger partial charge in [-0.1, -0.05) is 5.16 Å². The van der Waals surface area contributed by atoms with Crippen molar-refractivity contribution in [2.24, 2.45) is 17.6 Å². The van der Waals surface area contributed by atoms with E-state index >= 15 is 0 Å². The first-order chi connectivity index (χ1) is 9.72. The Kier molecular flexibility index (Phi) is 2.89. The SMILES string of the molecule is NC1C2CCC(C2)C1c1nc(-c2cncc(Br)c2)no1. The number of pyridine rings is 1. The number of fused-ring (bicyclic) bond motifs is 2. The lowest BCUT2D eigenvalue weighted by molar-refractivity contribution is 0.279. The molecular weight excluding hydrogens is 320 g/mol. The van der Waals surface area contributed by atoms with Gasteiger partial charge in [0.2, 0.25) is 11.7 Å². The molecule has 2 aromatic heterocycles. The monoisotopic (exact) mass is 334 g/mol. The third-order valence-electron chi connectivity index (χ3n) is 4.67. The lowest BCUT2D eigenvalue weighted by atomic mass is 9.85. The number of halogens is 1. The quantitative estimate of drug-likeness (QED) is 0.913. The van der Waals surface area contributed by atoms with Gasteiger partial charge in [-0.05, 0) is 53.1 Å². The van der Waals surface area contributed by atoms with Crippen molar-refractivity contribution in [3.05, 3.63) is 28.8 Å². The minimum Gasteiger partial charge on any atom is -0.339 e. The highest BCUT2D eigenvalue weighted by Gasteiger charge is 2.48. The van der Waals surface area contributed by atoms with E-state index in [1.165, 1.54) is 19.3 Å². The van der Waals surface area contributed by atoms with E-state index < -0.39 is 0 Å². The Morgan fingerprint density at radius 2 is 2.10 bits per heavy atom. The summed E-state index contributed by atoms with van der Waals surface area (Å²) in [6, 6.07) is 2.10. The summed E-state index contributed by atoms with van der Waals surface area (Å²) in [5.74, 6) is 2.76. The molecule has 4 rings (SSSR count). The Balaban J connectivity index is 1.66. The summed E-state index contributed by atoms with van der Waals surface area (Å²) in [6.07, 6.45) is 7.16. The molecule has 104 valence electrons. The lowest BCUT2D eigenvalue weighted by Gasteiger charge is -2.24. The van der Waals surface area contributed by atoms with Crippen molar-refractivity contribution in [2.45, 2.75) is 31.2 Å². The summed E-state index contributed by atoms with van der Waals surface area (Å²) in [5.41, 5.74) is 7.17. The Bertz CT molecular complexity index is 642. The van der Waals surface area contributed by atoms with Crippen molar-refractivity contribution in [1.82, 2.24) is 15.1 Å². The molecule has 2 aliphatic carbocycles. The fourth-order valence-corrected chi connectivity index (χ4v) is 4.09. The van der Waals surface area contributed by atoms with E-state index in [0.717, 1.165) is 10.0 Å². The molecule has 0 aromatic carbocycles. The minimum absolute atomic E-state index is 0.169. The van der Waals surface area contributed by atoms with Gasteiger partial charge in [0.15, 0.2) is 0 Å². The second-order valence-electron chi connectivity index (χ2n) is 5.78. The predicted octanol–water partition coefficient (Wildman–Crippen LogP) is 2.73. The maximum absolute atomic E-state index is 6.32. The zero-order valence-electron chi connectivity index (χ0n) is 10.9. The van der Waals surface area contributed by atoms with Crippen LogP contribution in [-0.2, 0) is 0 Å². The zero-order chi connectivity index (χ0) is 13.7. The molecule has 2 N–H and O–H groups in total. The molecule has 2 bridgehead atoms. The van der Waals surface area contributed by atoms with Crippen molar-refractivity contribution in [1.29, 1.82) is 0 Å². The number of nitrogens with two attached hydrogens (primary N) is 1. The van der Waals surface area contributed by atoms with Crippen molar-refractivity contribution in [3.8, 4) is 11.4 Å². The maximum atomic E-state index is 6.32. The summed E-state index contributed by atoms with van der Waals surface area (Å²) in [5, 5.41) is 4.09. The second kappa shape index (κ2) is 4.63. The minimum atomic E-state index is 0.169. The normalized spacial score (nSPS) is 31.9. The van der Waals surface area contributed by atoms with Crippen LogP contribution in [-0.4, -0.2) is 21.2 Å². The van der Waals surface area contributed by atoms with E-state index in [0.29, 0.717) is 23.6 Å². The molecule has 20 heavy (non-hydrogen) atoms. The van der Waals surface area contributed by atoms with Gasteiger partial charge in [-0.2, -0.15) is 4.98 Å². The molecule has 2 aromatic rings. The van der Waals surface area contributed by atoms with Crippen LogP contribution in [0.5, 0.6) is 0 Å². The molecule has 0 spiro atoms. The third kappa shape index (κ3) is 1.90. The number of rotatable bonds is 2. The van der Waals surface area contributed by atoms with E-state index in [9.17, 15) is 0 Å². The molecule has 4 atom stereocenters. The highest BCUT2D eigenvalue weighted by molar-refractivity contribution is 9.10. The third-order valence-corrected chi connectivity index (χ3v) is 5.10. The van der Waals surface area contributed by atoms with Crippen LogP contribution in [0.25, 0.3) is 11.4 Å². The molecule has 2 fully saturated rings. The summed E-state index contributed by atoms with van der Waals surface area (Å²) in [6.45, 7) is 0. The first kappa shape index (κ1) is 12.5. The Morgan fingerprint density at radius 3 is 2.85 bits per heavy atom. The number of aromatic nitrogens is 3. The lowest BCUT2D eigenvalue weighted by Crippen LogP contribution is -2.34. The zero-order valence-corrected chi connectivity index (χ0v) is 12.5. The molecule has 2 saturated carbocycles. The summed E-state index contributed by atoms with van der Waals surface area (Å²) < 4.78 is 6.38. The largest absolute Gasteiger partial charge is 0.339 e. The maximum Gasteiger partial charge on any atom is 0.231 e. The average Bonchev–Trinajstić information content (AvgIpc) is 3.13. The number of hydrogen-bond donors (Lipinski definition) is 1. The molecule has 0 aliphatic heterocycles. The fourth-order valence-electron chi connectivity index (χ4n) is 3.72. The van der Waals surface area contributed by atoms with Crippen molar-refractivity contribution in [3.63, 3.8) is 0 Å². The Hall–Kier alpha value is -1.27. The second-order valence-corrected chi connectivity index (χ2v) is 6.70. The van der Waals surface area contributed by atoms with E-state index in [-0.39, 0.29) is 12.0 Å². The average molecular weight is 335 g/mol. The Labute approximate surface area is 125 Å². The van der Waals surface area contributed by atoms with Crippen molar-refractivity contribution >= 4 is 15.9 Å². The van der Waals surface area contributed by atoms with Crippen LogP contribution >= 0.6 is 15.9 Å². The van der Waals surface area contributed by atoms with Crippen molar-refractivity contribution < 1.29 is 4.52 Å². The van der Waals surface area contributed by atoms with Gasteiger partial charge in [-0.25, -0.2) is 0 Å². The van der Waals surface area contributed by atoms with Gasteiger partial charge in [0.25, 0.3) is 0 Å². The summed E-state index contributed by atoms with van der Waals surface area (Å²) in [4.78, 5) is 8.68. The van der Waals surface area contributed by atoms with Gasteiger partial charge in [-0.3, -0.25) is 4.98 Å². The molecule has 2 heterocycles. The van der Waals surface area contributed by atoms with Crippen LogP contribution in [0.4, 0.5) is 0 Å². The summed E-state index contributed by atoms with van der Waals surface area (Å²) in [7, 11) is 0. The molecule has 0 amide bonds. The molecular formula is C14H15BrN4O. The molecule has 5 nitrogen and oxygen atoms in total. The van der Waals surface area contributed by atoms with E-state index in [1.807, 2.05) is 6.07 Å². The molecule has 4 unspecified atom stereocenters. The smallest absolute Gasteiger partial charge is 0.231 e. The van der Waals surface area contributed by atoms with Gasteiger partial charge in [0.1, 0.15) is 0 Å². The molecule has 2 aliphatic rings. The summed E-state index contributed by atoms with van der Waals surface area (Å²) >= 11 is 3.40. The first-order valence-electron chi connectivity index (χ1n) is 6.92. The van der Waals surface area contributed by atoms with Crippen LogP contribution in [0.3, 0.4) is 0 Å². The fraction of sp³-hybridized carbons (Fsp3) is 0.500. The van der Waals surface area contributed by atoms with Crippen LogP contribution in [0, 0.1) is 11.8 Å². The topological polar surface area (TPSA) is 77.8 Å². The highest BCUT2D eigenvalue weighted by atomic mass is 79.9. The van der Waals surface area contributed by atoms with Crippen LogP contribution < -0.4 is 5.73 Å². The van der Waals surface area contributed by atoms with Gasteiger partial charge in [0, 0.05) is 28.5 Å². The van der Waals surface area contributed by atoms with E-state index in [1.54, 1.807) is 12.4 Å². The van der Waals surface area contributed by atoms with Crippen LogP contribution in [0.15, 0.2) is 27.5 Å². The molecule has 0 saturated heterocycles. The Morgan fingerprint density at radius 1 is 1.25 bits per heavy atom. The van der Waals surface area contributed by atoms with Gasteiger partial charge < -0.3 is 10.3 Å².